The Balaban J connectivity index is 1.93. The summed E-state index contributed by atoms with van der Waals surface area (Å²) in [5.41, 5.74) is 0. The third-order valence-corrected chi connectivity index (χ3v) is 5.08. The molecule has 4 nitrogen and oxygen atoms in total. The van der Waals surface area contributed by atoms with Crippen molar-refractivity contribution in [2.75, 3.05) is 12.3 Å². The number of hydrogen-bond acceptors (Lipinski definition) is 3. The van der Waals surface area contributed by atoms with Crippen LogP contribution in [0.5, 0.6) is 0 Å². The molecule has 1 aliphatic heterocycles. The molecule has 108 valence electrons. The Morgan fingerprint density at radius 1 is 1.45 bits per heavy atom. The molecule has 1 aromatic carbocycles. The molecule has 2 atom stereocenters. The number of likely N-dealkylation sites (tertiary alicyclic amines) is 1. The van der Waals surface area contributed by atoms with Crippen molar-refractivity contribution in [3.8, 4) is 0 Å². The van der Waals surface area contributed by atoms with Crippen molar-refractivity contribution in [2.24, 2.45) is 5.92 Å². The van der Waals surface area contributed by atoms with Crippen molar-refractivity contribution in [3.05, 3.63) is 29.3 Å². The van der Waals surface area contributed by atoms with Gasteiger partial charge in [0.2, 0.25) is 5.91 Å². The molecule has 2 unspecified atom stereocenters. The van der Waals surface area contributed by atoms with Crippen molar-refractivity contribution in [3.63, 3.8) is 0 Å². The average molecular weight is 314 g/mol. The zero-order valence-corrected chi connectivity index (χ0v) is 12.7. The van der Waals surface area contributed by atoms with E-state index in [2.05, 4.69) is 0 Å². The molecule has 0 aliphatic carbocycles. The number of benzene rings is 1. The van der Waals surface area contributed by atoms with Crippen LogP contribution in [0.4, 0.5) is 0 Å². The predicted molar refractivity (Wildman–Crippen MR) is 79.1 cm³/mol. The minimum Gasteiger partial charge on any atom is -0.481 e. The van der Waals surface area contributed by atoms with Gasteiger partial charge in [-0.15, -0.1) is 11.8 Å². The quantitative estimate of drug-likeness (QED) is 0.868. The second kappa shape index (κ2) is 6.50. The smallest absolute Gasteiger partial charge is 0.308 e. The van der Waals surface area contributed by atoms with Gasteiger partial charge in [-0.1, -0.05) is 23.7 Å². The second-order valence-corrected chi connectivity index (χ2v) is 6.20. The van der Waals surface area contributed by atoms with Crippen LogP contribution in [0.3, 0.4) is 0 Å². The second-order valence-electron chi connectivity index (χ2n) is 4.78. The lowest BCUT2D eigenvalue weighted by molar-refractivity contribution is -0.142. The molecule has 1 aliphatic rings. The van der Waals surface area contributed by atoms with Crippen LogP contribution in [-0.4, -0.2) is 40.2 Å². The molecule has 0 saturated carbocycles. The largest absolute Gasteiger partial charge is 0.481 e. The Hall–Kier alpha value is -1.20. The fourth-order valence-corrected chi connectivity index (χ4v) is 3.53. The lowest BCUT2D eigenvalue weighted by atomic mass is 10.0. The van der Waals surface area contributed by atoms with E-state index < -0.39 is 11.9 Å². The van der Waals surface area contributed by atoms with Crippen LogP contribution < -0.4 is 0 Å². The van der Waals surface area contributed by atoms with Gasteiger partial charge in [0, 0.05) is 17.5 Å². The molecule has 20 heavy (non-hydrogen) atoms. The summed E-state index contributed by atoms with van der Waals surface area (Å²) in [6.45, 7) is 2.31. The third-order valence-electron chi connectivity index (χ3n) is 3.58. The number of carboxylic acid groups (broad SMARTS) is 1. The van der Waals surface area contributed by atoms with Crippen LogP contribution in [0, 0.1) is 5.92 Å². The molecule has 1 amide bonds. The highest BCUT2D eigenvalue weighted by Gasteiger charge is 2.37. The molecule has 2 rings (SSSR count). The predicted octanol–water partition coefficient (Wildman–Crippen LogP) is 2.75. The van der Waals surface area contributed by atoms with E-state index in [1.54, 1.807) is 17.9 Å². The summed E-state index contributed by atoms with van der Waals surface area (Å²) < 4.78 is 0. The zero-order valence-electron chi connectivity index (χ0n) is 11.1. The van der Waals surface area contributed by atoms with Gasteiger partial charge in [-0.25, -0.2) is 0 Å². The van der Waals surface area contributed by atoms with E-state index in [1.165, 1.54) is 11.8 Å². The zero-order chi connectivity index (χ0) is 14.7. The highest BCUT2D eigenvalue weighted by atomic mass is 35.5. The SMILES string of the molecule is CC1C(C(=O)O)CCN1C(=O)CSc1ccccc1Cl. The molecular formula is C14H16ClNO3S. The van der Waals surface area contributed by atoms with Crippen molar-refractivity contribution in [1.29, 1.82) is 0 Å². The Morgan fingerprint density at radius 2 is 2.15 bits per heavy atom. The number of thioether (sulfide) groups is 1. The van der Waals surface area contributed by atoms with Crippen molar-refractivity contribution < 1.29 is 14.7 Å². The average Bonchev–Trinajstić information content (AvgIpc) is 2.79. The minimum atomic E-state index is -0.827. The summed E-state index contributed by atoms with van der Waals surface area (Å²) >= 11 is 7.42. The van der Waals surface area contributed by atoms with Crippen LogP contribution in [0.2, 0.25) is 5.02 Å². The van der Waals surface area contributed by atoms with Crippen molar-refractivity contribution in [2.45, 2.75) is 24.3 Å². The van der Waals surface area contributed by atoms with Gasteiger partial charge in [0.1, 0.15) is 0 Å². The van der Waals surface area contributed by atoms with Crippen LogP contribution in [0.25, 0.3) is 0 Å². The number of nitrogens with zero attached hydrogens (tertiary/aromatic N) is 1. The number of carbonyl (C=O) groups is 2. The number of amides is 1. The lowest BCUT2D eigenvalue weighted by Crippen LogP contribution is -2.38. The molecule has 0 bridgehead atoms. The number of hydrogen-bond donors (Lipinski definition) is 1. The highest BCUT2D eigenvalue weighted by Crippen LogP contribution is 2.29. The molecule has 1 heterocycles. The van der Waals surface area contributed by atoms with E-state index in [4.69, 9.17) is 16.7 Å². The van der Waals surface area contributed by atoms with E-state index in [0.29, 0.717) is 18.0 Å². The van der Waals surface area contributed by atoms with Crippen molar-refractivity contribution >= 4 is 35.2 Å². The summed E-state index contributed by atoms with van der Waals surface area (Å²) in [4.78, 5) is 25.7. The summed E-state index contributed by atoms with van der Waals surface area (Å²) in [6.07, 6.45) is 0.527. The fraction of sp³-hybridized carbons (Fsp3) is 0.429. The van der Waals surface area contributed by atoms with E-state index >= 15 is 0 Å². The maximum absolute atomic E-state index is 12.2. The van der Waals surface area contributed by atoms with Crippen LogP contribution >= 0.6 is 23.4 Å². The first-order chi connectivity index (χ1) is 9.50. The number of rotatable bonds is 4. The topological polar surface area (TPSA) is 57.6 Å². The molecule has 0 radical (unpaired) electrons. The first kappa shape index (κ1) is 15.2. The van der Waals surface area contributed by atoms with Gasteiger partial charge >= 0.3 is 5.97 Å². The van der Waals surface area contributed by atoms with E-state index in [9.17, 15) is 9.59 Å². The number of halogens is 1. The molecule has 0 aromatic heterocycles. The molecule has 6 heteroatoms. The van der Waals surface area contributed by atoms with Crippen LogP contribution in [0.15, 0.2) is 29.2 Å². The third kappa shape index (κ3) is 3.27. The molecule has 1 saturated heterocycles. The monoisotopic (exact) mass is 313 g/mol. The molecule has 1 N–H and O–H groups in total. The fourth-order valence-electron chi connectivity index (χ4n) is 2.41. The summed E-state index contributed by atoms with van der Waals surface area (Å²) in [5.74, 6) is -1.04. The van der Waals surface area contributed by atoms with Crippen LogP contribution in [0.1, 0.15) is 13.3 Å². The van der Waals surface area contributed by atoms with E-state index in [0.717, 1.165) is 4.90 Å². The maximum Gasteiger partial charge on any atom is 0.308 e. The van der Waals surface area contributed by atoms with Gasteiger partial charge < -0.3 is 10.0 Å². The Bertz CT molecular complexity index is 523. The number of carboxylic acids is 1. The molecule has 1 aromatic rings. The Labute approximate surface area is 127 Å². The van der Waals surface area contributed by atoms with Gasteiger partial charge in [-0.05, 0) is 25.5 Å². The van der Waals surface area contributed by atoms with Gasteiger partial charge in [-0.3, -0.25) is 9.59 Å². The van der Waals surface area contributed by atoms with Gasteiger partial charge in [-0.2, -0.15) is 0 Å². The molecule has 1 fully saturated rings. The minimum absolute atomic E-state index is 0.0360. The lowest BCUT2D eigenvalue weighted by Gasteiger charge is -2.23. The van der Waals surface area contributed by atoms with E-state index in [1.807, 2.05) is 18.2 Å². The van der Waals surface area contributed by atoms with Gasteiger partial charge in [0.05, 0.1) is 16.7 Å². The molecule has 0 spiro atoms. The molecular weight excluding hydrogens is 298 g/mol. The summed E-state index contributed by atoms with van der Waals surface area (Å²) in [6, 6.07) is 7.12. The summed E-state index contributed by atoms with van der Waals surface area (Å²) in [5, 5.41) is 9.69. The van der Waals surface area contributed by atoms with Crippen molar-refractivity contribution in [1.82, 2.24) is 4.90 Å². The Kier molecular flexibility index (Phi) is 4.94. The highest BCUT2D eigenvalue weighted by molar-refractivity contribution is 8.00. The normalized spacial score (nSPS) is 22.0. The van der Waals surface area contributed by atoms with Gasteiger partial charge in [0.15, 0.2) is 0 Å². The van der Waals surface area contributed by atoms with Crippen LogP contribution in [-0.2, 0) is 9.59 Å². The standard InChI is InChI=1S/C14H16ClNO3S/c1-9-10(14(18)19)6-7-16(9)13(17)8-20-12-5-3-2-4-11(12)15/h2-5,9-10H,6-8H2,1H3,(H,18,19). The first-order valence-corrected chi connectivity index (χ1v) is 7.76. The first-order valence-electron chi connectivity index (χ1n) is 6.40. The van der Waals surface area contributed by atoms with Gasteiger partial charge in [0.25, 0.3) is 0 Å². The Morgan fingerprint density at radius 3 is 2.75 bits per heavy atom. The van der Waals surface area contributed by atoms with E-state index in [-0.39, 0.29) is 17.7 Å². The maximum atomic E-state index is 12.2. The number of aliphatic carboxylic acids is 1. The summed E-state index contributed by atoms with van der Waals surface area (Å²) in [7, 11) is 0. The number of carbonyl (C=O) groups excluding carboxylic acids is 1.